The SMILES string of the molecule is C=CCn1c(SCC(=O)Nc2cc(C(F)(F)F)ccc2Cl)nnc1-c1ccc(OCC)cc1. The Labute approximate surface area is 197 Å². The van der Waals surface area contributed by atoms with Crippen LogP contribution in [0.1, 0.15) is 12.5 Å². The van der Waals surface area contributed by atoms with Crippen molar-refractivity contribution in [1.29, 1.82) is 0 Å². The summed E-state index contributed by atoms with van der Waals surface area (Å²) in [6.07, 6.45) is -2.87. The van der Waals surface area contributed by atoms with E-state index in [4.69, 9.17) is 16.3 Å². The number of carbonyl (C=O) groups excluding carboxylic acids is 1. The van der Waals surface area contributed by atoms with Crippen molar-refractivity contribution in [3.05, 3.63) is 65.7 Å². The van der Waals surface area contributed by atoms with Crippen LogP contribution in [-0.2, 0) is 17.5 Å². The van der Waals surface area contributed by atoms with E-state index in [0.717, 1.165) is 41.3 Å². The largest absolute Gasteiger partial charge is 0.494 e. The molecule has 0 atom stereocenters. The van der Waals surface area contributed by atoms with E-state index in [-0.39, 0.29) is 16.5 Å². The minimum atomic E-state index is -4.54. The minimum absolute atomic E-state index is 0.00830. The summed E-state index contributed by atoms with van der Waals surface area (Å²) in [4.78, 5) is 12.4. The first-order valence-electron chi connectivity index (χ1n) is 9.79. The molecule has 0 saturated carbocycles. The second kappa shape index (κ2) is 10.8. The van der Waals surface area contributed by atoms with E-state index in [1.165, 1.54) is 0 Å². The molecule has 1 aromatic heterocycles. The summed E-state index contributed by atoms with van der Waals surface area (Å²) in [7, 11) is 0. The van der Waals surface area contributed by atoms with Gasteiger partial charge in [-0.15, -0.1) is 16.8 Å². The number of rotatable bonds is 9. The van der Waals surface area contributed by atoms with Gasteiger partial charge >= 0.3 is 6.18 Å². The molecule has 0 aliphatic rings. The predicted octanol–water partition coefficient (Wildman–Crippen LogP) is 5.93. The summed E-state index contributed by atoms with van der Waals surface area (Å²) < 4.78 is 46.0. The number of benzene rings is 2. The molecule has 1 heterocycles. The first-order chi connectivity index (χ1) is 15.7. The van der Waals surface area contributed by atoms with Crippen molar-refractivity contribution in [1.82, 2.24) is 14.8 Å². The highest BCUT2D eigenvalue weighted by molar-refractivity contribution is 7.99. The molecule has 1 amide bonds. The second-order valence-corrected chi connectivity index (χ2v) is 8.04. The topological polar surface area (TPSA) is 69.0 Å². The number of hydrogen-bond acceptors (Lipinski definition) is 5. The molecular weight excluding hydrogens is 477 g/mol. The number of halogens is 4. The Hall–Kier alpha value is -2.98. The van der Waals surface area contributed by atoms with E-state index in [2.05, 4.69) is 22.1 Å². The fraction of sp³-hybridized carbons (Fsp3) is 0.227. The van der Waals surface area contributed by atoms with Crippen molar-refractivity contribution in [3.63, 3.8) is 0 Å². The fourth-order valence-electron chi connectivity index (χ4n) is 2.88. The molecule has 1 N–H and O–H groups in total. The average Bonchev–Trinajstić information content (AvgIpc) is 3.16. The normalized spacial score (nSPS) is 11.3. The number of aromatic nitrogens is 3. The molecule has 0 fully saturated rings. The number of allylic oxidation sites excluding steroid dienone is 1. The van der Waals surface area contributed by atoms with Gasteiger partial charge in [0.1, 0.15) is 5.75 Å². The molecular formula is C22H20ClF3N4O2S. The van der Waals surface area contributed by atoms with Crippen LogP contribution in [0.2, 0.25) is 5.02 Å². The fourth-order valence-corrected chi connectivity index (χ4v) is 3.80. The number of anilines is 1. The molecule has 0 saturated heterocycles. The summed E-state index contributed by atoms with van der Waals surface area (Å²) >= 11 is 7.04. The lowest BCUT2D eigenvalue weighted by atomic mass is 10.2. The van der Waals surface area contributed by atoms with Gasteiger partial charge in [-0.2, -0.15) is 13.2 Å². The number of ether oxygens (including phenoxy) is 1. The summed E-state index contributed by atoms with van der Waals surface area (Å²) in [6, 6.07) is 10.1. The first-order valence-corrected chi connectivity index (χ1v) is 11.2. The lowest BCUT2D eigenvalue weighted by Crippen LogP contribution is -2.16. The van der Waals surface area contributed by atoms with Gasteiger partial charge in [-0.3, -0.25) is 9.36 Å². The van der Waals surface area contributed by atoms with E-state index < -0.39 is 17.6 Å². The third kappa shape index (κ3) is 6.29. The van der Waals surface area contributed by atoms with Crippen molar-refractivity contribution in [2.75, 3.05) is 17.7 Å². The maximum Gasteiger partial charge on any atom is 0.416 e. The average molecular weight is 497 g/mol. The molecule has 0 bridgehead atoms. The molecule has 6 nitrogen and oxygen atoms in total. The molecule has 11 heteroatoms. The summed E-state index contributed by atoms with van der Waals surface area (Å²) in [5.74, 6) is 0.680. The Balaban J connectivity index is 1.72. The summed E-state index contributed by atoms with van der Waals surface area (Å²) in [6.45, 7) is 6.60. The number of carbonyl (C=O) groups is 1. The Bertz CT molecular complexity index is 1130. The van der Waals surface area contributed by atoms with E-state index in [1.807, 2.05) is 31.2 Å². The third-order valence-electron chi connectivity index (χ3n) is 4.35. The van der Waals surface area contributed by atoms with Crippen LogP contribution in [0.3, 0.4) is 0 Å². The van der Waals surface area contributed by atoms with Gasteiger partial charge in [-0.25, -0.2) is 0 Å². The highest BCUT2D eigenvalue weighted by Crippen LogP contribution is 2.34. The molecule has 2 aromatic carbocycles. The van der Waals surface area contributed by atoms with Gasteiger partial charge in [0.2, 0.25) is 5.91 Å². The smallest absolute Gasteiger partial charge is 0.416 e. The van der Waals surface area contributed by atoms with E-state index in [0.29, 0.717) is 24.1 Å². The zero-order valence-corrected chi connectivity index (χ0v) is 19.1. The van der Waals surface area contributed by atoms with Crippen LogP contribution in [-0.4, -0.2) is 33.0 Å². The van der Waals surface area contributed by atoms with Crippen LogP contribution in [0.5, 0.6) is 5.75 Å². The maximum absolute atomic E-state index is 12.9. The van der Waals surface area contributed by atoms with Gasteiger partial charge in [0, 0.05) is 12.1 Å². The second-order valence-electron chi connectivity index (χ2n) is 6.69. The summed E-state index contributed by atoms with van der Waals surface area (Å²) in [5.41, 5.74) is -0.208. The molecule has 3 aromatic rings. The first kappa shape index (κ1) is 24.7. The Morgan fingerprint density at radius 3 is 2.61 bits per heavy atom. The standard InChI is InChI=1S/C22H20ClF3N4O2S/c1-3-11-30-20(14-5-8-16(9-6-14)32-4-2)28-29-21(30)33-13-19(31)27-18-12-15(22(24,25)26)7-10-17(18)23/h3,5-10,12H,1,4,11,13H2,2H3,(H,27,31). The van der Waals surface area contributed by atoms with Crippen LogP contribution in [0.4, 0.5) is 18.9 Å². The number of nitrogens with one attached hydrogen (secondary N) is 1. The molecule has 0 unspecified atom stereocenters. The molecule has 174 valence electrons. The number of alkyl halides is 3. The van der Waals surface area contributed by atoms with Crippen molar-refractivity contribution < 1.29 is 22.7 Å². The highest BCUT2D eigenvalue weighted by atomic mass is 35.5. The number of hydrogen-bond donors (Lipinski definition) is 1. The van der Waals surface area contributed by atoms with E-state index in [1.54, 1.807) is 10.6 Å². The zero-order valence-electron chi connectivity index (χ0n) is 17.5. The van der Waals surface area contributed by atoms with Crippen LogP contribution in [0, 0.1) is 0 Å². The summed E-state index contributed by atoms with van der Waals surface area (Å²) in [5, 5.41) is 11.3. The van der Waals surface area contributed by atoms with Crippen molar-refractivity contribution in [3.8, 4) is 17.1 Å². The highest BCUT2D eigenvalue weighted by Gasteiger charge is 2.31. The van der Waals surface area contributed by atoms with Crippen LogP contribution >= 0.6 is 23.4 Å². The zero-order chi connectivity index (χ0) is 24.0. The van der Waals surface area contributed by atoms with Crippen molar-refractivity contribution in [2.24, 2.45) is 0 Å². The van der Waals surface area contributed by atoms with E-state index >= 15 is 0 Å². The van der Waals surface area contributed by atoms with Gasteiger partial charge in [0.15, 0.2) is 11.0 Å². The Morgan fingerprint density at radius 2 is 1.97 bits per heavy atom. The maximum atomic E-state index is 12.9. The van der Waals surface area contributed by atoms with Crippen LogP contribution in [0.25, 0.3) is 11.4 Å². The third-order valence-corrected chi connectivity index (χ3v) is 5.65. The monoisotopic (exact) mass is 496 g/mol. The van der Waals surface area contributed by atoms with Gasteiger partial charge in [0.05, 0.1) is 28.6 Å². The lowest BCUT2D eigenvalue weighted by Gasteiger charge is -2.12. The molecule has 0 radical (unpaired) electrons. The van der Waals surface area contributed by atoms with Gasteiger partial charge in [-0.1, -0.05) is 29.4 Å². The van der Waals surface area contributed by atoms with Gasteiger partial charge in [0.25, 0.3) is 0 Å². The molecule has 0 aliphatic heterocycles. The van der Waals surface area contributed by atoms with Crippen LogP contribution < -0.4 is 10.1 Å². The van der Waals surface area contributed by atoms with E-state index in [9.17, 15) is 18.0 Å². The number of thioether (sulfide) groups is 1. The molecule has 0 spiro atoms. The molecule has 33 heavy (non-hydrogen) atoms. The predicted molar refractivity (Wildman–Crippen MR) is 123 cm³/mol. The number of nitrogens with zero attached hydrogens (tertiary/aromatic N) is 3. The van der Waals surface area contributed by atoms with Gasteiger partial charge in [-0.05, 0) is 49.4 Å². The number of amides is 1. The Morgan fingerprint density at radius 1 is 1.24 bits per heavy atom. The van der Waals surface area contributed by atoms with Crippen molar-refractivity contribution >= 4 is 35.0 Å². The molecule has 3 rings (SSSR count). The lowest BCUT2D eigenvalue weighted by molar-refractivity contribution is -0.137. The Kier molecular flexibility index (Phi) is 8.04. The quantitative estimate of drug-likeness (QED) is 0.293. The van der Waals surface area contributed by atoms with Crippen molar-refractivity contribution in [2.45, 2.75) is 24.8 Å². The van der Waals surface area contributed by atoms with Crippen LogP contribution in [0.15, 0.2) is 60.3 Å². The molecule has 0 aliphatic carbocycles. The minimum Gasteiger partial charge on any atom is -0.494 e. The van der Waals surface area contributed by atoms with Gasteiger partial charge < -0.3 is 10.1 Å².